The van der Waals surface area contributed by atoms with Crippen molar-refractivity contribution in [3.05, 3.63) is 0 Å². The van der Waals surface area contributed by atoms with Crippen LogP contribution in [0.2, 0.25) is 0 Å². The summed E-state index contributed by atoms with van der Waals surface area (Å²) in [6.07, 6.45) is 20.8. The van der Waals surface area contributed by atoms with Crippen molar-refractivity contribution in [1.29, 1.82) is 0 Å². The highest BCUT2D eigenvalue weighted by Gasteiger charge is 2.23. The third-order valence-corrected chi connectivity index (χ3v) is 6.58. The number of piperidine rings is 1. The Balaban J connectivity index is 2.07. The molecule has 0 saturated carbocycles. The van der Waals surface area contributed by atoms with Gasteiger partial charge in [-0.25, -0.2) is 0 Å². The smallest absolute Gasteiger partial charge is 0.236 e. The van der Waals surface area contributed by atoms with E-state index in [1.54, 1.807) is 0 Å². The van der Waals surface area contributed by atoms with Gasteiger partial charge in [-0.1, -0.05) is 64.2 Å². The molecular formula is C25H50N4O2. The predicted octanol–water partition coefficient (Wildman–Crippen LogP) is 3.90. The monoisotopic (exact) mass is 438 g/mol. The maximum atomic E-state index is 12.3. The molecule has 31 heavy (non-hydrogen) atoms. The van der Waals surface area contributed by atoms with E-state index in [4.69, 9.17) is 11.5 Å². The van der Waals surface area contributed by atoms with Crippen LogP contribution in [0.1, 0.15) is 109 Å². The van der Waals surface area contributed by atoms with Crippen LogP contribution in [0.4, 0.5) is 0 Å². The molecule has 2 atom stereocenters. The van der Waals surface area contributed by atoms with Gasteiger partial charge in [0, 0.05) is 19.0 Å². The first kappa shape index (κ1) is 28.1. The Bertz CT molecular complexity index is 447. The van der Waals surface area contributed by atoms with Crippen LogP contribution in [-0.2, 0) is 9.59 Å². The van der Waals surface area contributed by atoms with Gasteiger partial charge in [-0.2, -0.15) is 0 Å². The fourth-order valence-corrected chi connectivity index (χ4v) is 4.53. The molecule has 0 aliphatic carbocycles. The summed E-state index contributed by atoms with van der Waals surface area (Å²) < 4.78 is 0. The molecule has 0 spiro atoms. The van der Waals surface area contributed by atoms with E-state index < -0.39 is 6.04 Å². The summed E-state index contributed by atoms with van der Waals surface area (Å²) in [6, 6.07) is 0.0630. The zero-order valence-corrected chi connectivity index (χ0v) is 20.0. The van der Waals surface area contributed by atoms with Crippen LogP contribution in [-0.4, -0.2) is 55.4 Å². The number of amides is 1. The van der Waals surface area contributed by atoms with E-state index in [1.165, 1.54) is 77.0 Å². The van der Waals surface area contributed by atoms with Crippen molar-refractivity contribution in [3.8, 4) is 0 Å². The highest BCUT2D eigenvalue weighted by molar-refractivity contribution is 5.81. The summed E-state index contributed by atoms with van der Waals surface area (Å²) in [6.45, 7) is 3.71. The minimum absolute atomic E-state index is 0.00807. The molecule has 0 aromatic carbocycles. The fraction of sp³-hybridized carbons (Fsp3) is 0.920. The van der Waals surface area contributed by atoms with Gasteiger partial charge in [0.15, 0.2) is 0 Å². The molecule has 1 heterocycles. The minimum Gasteiger partial charge on any atom is -0.353 e. The molecule has 0 radical (unpaired) electrons. The molecule has 6 heteroatoms. The van der Waals surface area contributed by atoms with Crippen LogP contribution in [0.5, 0.6) is 0 Å². The molecule has 1 aliphatic heterocycles. The average molecular weight is 439 g/mol. The van der Waals surface area contributed by atoms with Crippen LogP contribution < -0.4 is 16.8 Å². The summed E-state index contributed by atoms with van der Waals surface area (Å²) in [5.74, 6) is -0.00807. The number of carbonyl (C=O) groups excluding carboxylic acids is 2. The van der Waals surface area contributed by atoms with E-state index in [9.17, 15) is 9.59 Å². The van der Waals surface area contributed by atoms with Crippen molar-refractivity contribution in [1.82, 2.24) is 10.2 Å². The molecule has 0 aromatic heterocycles. The number of nitrogens with one attached hydrogen (secondary N) is 1. The van der Waals surface area contributed by atoms with Gasteiger partial charge < -0.3 is 21.6 Å². The molecule has 6 nitrogen and oxygen atoms in total. The zero-order chi connectivity index (χ0) is 22.6. The Morgan fingerprint density at radius 3 is 2.23 bits per heavy atom. The first-order valence-corrected chi connectivity index (χ1v) is 13.1. The summed E-state index contributed by atoms with van der Waals surface area (Å²) in [7, 11) is 0. The van der Waals surface area contributed by atoms with Gasteiger partial charge in [0.05, 0.1) is 6.04 Å². The average Bonchev–Trinajstić information content (AvgIpc) is 2.79. The van der Waals surface area contributed by atoms with E-state index in [0.29, 0.717) is 12.6 Å². The van der Waals surface area contributed by atoms with Crippen molar-refractivity contribution in [2.45, 2.75) is 121 Å². The quantitative estimate of drug-likeness (QED) is 0.198. The second kappa shape index (κ2) is 19.7. The molecule has 1 fully saturated rings. The number of hydrogen-bond donors (Lipinski definition) is 3. The Kier molecular flexibility index (Phi) is 17.8. The summed E-state index contributed by atoms with van der Waals surface area (Å²) in [5.41, 5.74) is 11.5. The van der Waals surface area contributed by atoms with E-state index >= 15 is 0 Å². The normalized spacial score (nSPS) is 18.1. The second-order valence-corrected chi connectivity index (χ2v) is 9.31. The molecule has 1 saturated heterocycles. The number of hydrogen-bond acceptors (Lipinski definition) is 5. The molecular weight excluding hydrogens is 388 g/mol. The van der Waals surface area contributed by atoms with Gasteiger partial charge in [0.2, 0.25) is 5.91 Å². The van der Waals surface area contributed by atoms with Crippen molar-refractivity contribution in [3.63, 3.8) is 0 Å². The molecule has 182 valence electrons. The Labute approximate surface area is 191 Å². The molecule has 1 unspecified atom stereocenters. The molecule has 0 aromatic rings. The van der Waals surface area contributed by atoms with Gasteiger partial charge >= 0.3 is 0 Å². The maximum absolute atomic E-state index is 12.3. The van der Waals surface area contributed by atoms with Crippen molar-refractivity contribution < 1.29 is 9.59 Å². The minimum atomic E-state index is -0.403. The van der Waals surface area contributed by atoms with Crippen LogP contribution >= 0.6 is 0 Å². The lowest BCUT2D eigenvalue weighted by Crippen LogP contribution is -2.50. The fourth-order valence-electron chi connectivity index (χ4n) is 4.53. The second-order valence-electron chi connectivity index (χ2n) is 9.31. The summed E-state index contributed by atoms with van der Waals surface area (Å²) >= 11 is 0. The predicted molar refractivity (Wildman–Crippen MR) is 130 cm³/mol. The molecule has 1 rings (SSSR count). The SMILES string of the molecule is NCCCCC(N)C(=O)NC[C@@H]1CCCCN1CCCCCCCCCCCCC=O. The Morgan fingerprint density at radius 1 is 0.935 bits per heavy atom. The van der Waals surface area contributed by atoms with E-state index in [2.05, 4.69) is 10.2 Å². The highest BCUT2D eigenvalue weighted by Crippen LogP contribution is 2.18. The van der Waals surface area contributed by atoms with E-state index in [-0.39, 0.29) is 5.91 Å². The van der Waals surface area contributed by atoms with Gasteiger partial charge in [-0.15, -0.1) is 0 Å². The van der Waals surface area contributed by atoms with Crippen LogP contribution in [0.25, 0.3) is 0 Å². The lowest BCUT2D eigenvalue weighted by Gasteiger charge is -2.36. The van der Waals surface area contributed by atoms with Crippen LogP contribution in [0.3, 0.4) is 0 Å². The number of nitrogens with zero attached hydrogens (tertiary/aromatic N) is 1. The molecule has 5 N–H and O–H groups in total. The lowest BCUT2D eigenvalue weighted by atomic mass is 10.0. The first-order chi connectivity index (χ1) is 15.2. The number of carbonyl (C=O) groups is 2. The number of nitrogens with two attached hydrogens (primary N) is 2. The third kappa shape index (κ3) is 14.7. The van der Waals surface area contributed by atoms with Crippen molar-refractivity contribution in [2.75, 3.05) is 26.2 Å². The number of likely N-dealkylation sites (tertiary alicyclic amines) is 1. The Morgan fingerprint density at radius 2 is 1.58 bits per heavy atom. The maximum Gasteiger partial charge on any atom is 0.236 e. The van der Waals surface area contributed by atoms with Gasteiger partial charge in [-0.3, -0.25) is 9.69 Å². The topological polar surface area (TPSA) is 101 Å². The number of rotatable bonds is 20. The third-order valence-electron chi connectivity index (χ3n) is 6.58. The van der Waals surface area contributed by atoms with Crippen molar-refractivity contribution in [2.24, 2.45) is 11.5 Å². The summed E-state index contributed by atoms with van der Waals surface area (Å²) in [5, 5.41) is 3.10. The number of unbranched alkanes of at least 4 members (excludes halogenated alkanes) is 11. The standard InChI is InChI=1S/C25H50N4O2/c26-18-12-10-17-24(27)25(31)28-22-23-16-11-14-20-29(23)19-13-8-6-4-2-1-3-5-7-9-15-21-30/h21,23-24H,1-20,22,26-27H2,(H,28,31)/t23-,24?/m0/s1. The Hall–Kier alpha value is -0.980. The molecule has 1 aliphatic rings. The first-order valence-electron chi connectivity index (χ1n) is 13.1. The van der Waals surface area contributed by atoms with Crippen LogP contribution in [0, 0.1) is 0 Å². The number of aldehydes is 1. The lowest BCUT2D eigenvalue weighted by molar-refractivity contribution is -0.122. The molecule has 1 amide bonds. The van der Waals surface area contributed by atoms with Gasteiger partial charge in [0.1, 0.15) is 6.29 Å². The van der Waals surface area contributed by atoms with Gasteiger partial charge in [0.25, 0.3) is 0 Å². The zero-order valence-electron chi connectivity index (χ0n) is 20.0. The summed E-state index contributed by atoms with van der Waals surface area (Å²) in [4.78, 5) is 25.1. The van der Waals surface area contributed by atoms with Crippen LogP contribution in [0.15, 0.2) is 0 Å². The largest absolute Gasteiger partial charge is 0.353 e. The van der Waals surface area contributed by atoms with Crippen molar-refractivity contribution >= 4 is 12.2 Å². The van der Waals surface area contributed by atoms with E-state index in [1.807, 2.05) is 0 Å². The van der Waals surface area contributed by atoms with Gasteiger partial charge in [-0.05, 0) is 58.2 Å². The van der Waals surface area contributed by atoms with E-state index in [0.717, 1.165) is 58.0 Å². The highest BCUT2D eigenvalue weighted by atomic mass is 16.2. The molecule has 0 bridgehead atoms.